The molecule has 0 unspecified atom stereocenters. The molecule has 0 amide bonds. The number of nitrogens with zero attached hydrogens (tertiary/aromatic N) is 4. The van der Waals surface area contributed by atoms with Crippen molar-refractivity contribution < 1.29 is 12.8 Å². The van der Waals surface area contributed by atoms with Gasteiger partial charge in [0, 0.05) is 27.2 Å². The monoisotopic (exact) mass is 404 g/mol. The predicted molar refractivity (Wildman–Crippen MR) is 108 cm³/mol. The van der Waals surface area contributed by atoms with Gasteiger partial charge in [0.2, 0.25) is 10.0 Å². The first kappa shape index (κ1) is 20.4. The lowest BCUT2D eigenvalue weighted by Crippen LogP contribution is -2.22. The maximum atomic E-state index is 13.1. The minimum atomic E-state index is -3.50. The quantitative estimate of drug-likeness (QED) is 0.607. The molecule has 0 spiro atoms. The number of halogens is 1. The van der Waals surface area contributed by atoms with Crippen LogP contribution in [0, 0.1) is 5.82 Å². The Hall–Kier alpha value is -2.29. The topological polar surface area (TPSA) is 58.4 Å². The third-order valence-corrected chi connectivity index (χ3v) is 6.48. The smallest absolute Gasteiger partial charge is 0.242 e. The van der Waals surface area contributed by atoms with Gasteiger partial charge in [-0.1, -0.05) is 12.1 Å². The molecule has 2 aromatic carbocycles. The first-order valence-electron chi connectivity index (χ1n) is 9.07. The summed E-state index contributed by atoms with van der Waals surface area (Å²) in [7, 11) is 1.50. The van der Waals surface area contributed by atoms with Crippen LogP contribution in [-0.4, -0.2) is 48.3 Å². The van der Waals surface area contributed by atoms with Gasteiger partial charge in [-0.3, -0.25) is 4.90 Å². The van der Waals surface area contributed by atoms with Crippen LogP contribution in [0.2, 0.25) is 0 Å². The lowest BCUT2D eigenvalue weighted by Gasteiger charge is -2.17. The first-order valence-corrected chi connectivity index (χ1v) is 10.5. The number of hydrogen-bond acceptors (Lipinski definition) is 4. The Morgan fingerprint density at radius 3 is 2.32 bits per heavy atom. The lowest BCUT2D eigenvalue weighted by atomic mass is 10.2. The maximum Gasteiger partial charge on any atom is 0.242 e. The number of aryl methyl sites for hydroxylation is 1. The highest BCUT2D eigenvalue weighted by molar-refractivity contribution is 7.89. The minimum Gasteiger partial charge on any atom is -0.327 e. The molecule has 0 bridgehead atoms. The van der Waals surface area contributed by atoms with Crippen molar-refractivity contribution >= 4 is 21.1 Å². The van der Waals surface area contributed by atoms with E-state index >= 15 is 0 Å². The Labute approximate surface area is 165 Å². The number of aromatic nitrogens is 2. The Morgan fingerprint density at radius 1 is 1.04 bits per heavy atom. The van der Waals surface area contributed by atoms with Crippen LogP contribution in [0.1, 0.15) is 18.3 Å². The van der Waals surface area contributed by atoms with E-state index in [9.17, 15) is 12.8 Å². The molecule has 0 fully saturated rings. The molecular weight excluding hydrogens is 379 g/mol. The molecular formula is C20H25FN4O2S. The van der Waals surface area contributed by atoms with Crippen LogP contribution in [0.4, 0.5) is 4.39 Å². The Balaban J connectivity index is 1.89. The van der Waals surface area contributed by atoms with Gasteiger partial charge in [0.05, 0.1) is 22.5 Å². The molecule has 1 aromatic heterocycles. The van der Waals surface area contributed by atoms with Crippen molar-refractivity contribution in [2.24, 2.45) is 0 Å². The summed E-state index contributed by atoms with van der Waals surface area (Å²) in [6.07, 6.45) is 0. The molecule has 0 saturated carbocycles. The molecule has 0 radical (unpaired) electrons. The van der Waals surface area contributed by atoms with Crippen LogP contribution < -0.4 is 0 Å². The van der Waals surface area contributed by atoms with Gasteiger partial charge in [0.25, 0.3) is 0 Å². The highest BCUT2D eigenvalue weighted by Gasteiger charge is 2.19. The first-order chi connectivity index (χ1) is 13.2. The van der Waals surface area contributed by atoms with Crippen LogP contribution in [-0.2, 0) is 29.7 Å². The summed E-state index contributed by atoms with van der Waals surface area (Å²) in [4.78, 5) is 7.02. The number of rotatable bonds is 7. The Morgan fingerprint density at radius 2 is 1.71 bits per heavy atom. The summed E-state index contributed by atoms with van der Waals surface area (Å²) < 4.78 is 41.2. The Kier molecular flexibility index (Phi) is 5.83. The van der Waals surface area contributed by atoms with E-state index in [1.807, 2.05) is 20.0 Å². The fraction of sp³-hybridized carbons (Fsp3) is 0.350. The fourth-order valence-electron chi connectivity index (χ4n) is 3.20. The number of fused-ring (bicyclic) bond motifs is 1. The molecule has 0 aliphatic carbocycles. The highest BCUT2D eigenvalue weighted by atomic mass is 32.2. The van der Waals surface area contributed by atoms with E-state index in [-0.39, 0.29) is 10.7 Å². The highest BCUT2D eigenvalue weighted by Crippen LogP contribution is 2.23. The summed E-state index contributed by atoms with van der Waals surface area (Å²) in [5.74, 6) is 0.615. The van der Waals surface area contributed by atoms with Gasteiger partial charge in [-0.05, 0) is 49.9 Å². The van der Waals surface area contributed by atoms with Gasteiger partial charge < -0.3 is 4.57 Å². The molecule has 0 aliphatic rings. The molecule has 3 rings (SSSR count). The predicted octanol–water partition coefficient (Wildman–Crippen LogP) is 3.08. The molecule has 1 heterocycles. The van der Waals surface area contributed by atoms with Gasteiger partial charge in [-0.15, -0.1) is 0 Å². The molecule has 0 N–H and O–H groups in total. The summed E-state index contributed by atoms with van der Waals surface area (Å²) in [6.45, 7) is 4.02. The molecule has 0 aliphatic heterocycles. The zero-order valence-electron chi connectivity index (χ0n) is 16.6. The Bertz CT molecular complexity index is 1080. The van der Waals surface area contributed by atoms with Crippen molar-refractivity contribution in [3.63, 3.8) is 0 Å². The molecule has 6 nitrogen and oxygen atoms in total. The van der Waals surface area contributed by atoms with Crippen molar-refractivity contribution in [1.82, 2.24) is 18.8 Å². The van der Waals surface area contributed by atoms with E-state index in [4.69, 9.17) is 4.98 Å². The van der Waals surface area contributed by atoms with Gasteiger partial charge in [-0.2, -0.15) is 0 Å². The van der Waals surface area contributed by atoms with E-state index in [1.165, 1.54) is 30.5 Å². The van der Waals surface area contributed by atoms with Crippen LogP contribution >= 0.6 is 0 Å². The van der Waals surface area contributed by atoms with E-state index in [0.717, 1.165) is 23.4 Å². The van der Waals surface area contributed by atoms with Gasteiger partial charge >= 0.3 is 0 Å². The van der Waals surface area contributed by atoms with E-state index < -0.39 is 10.0 Å². The fourth-order valence-corrected chi connectivity index (χ4v) is 4.13. The normalized spacial score (nSPS) is 12.4. The van der Waals surface area contributed by atoms with Gasteiger partial charge in [0.15, 0.2) is 0 Å². The van der Waals surface area contributed by atoms with E-state index in [0.29, 0.717) is 18.6 Å². The molecule has 0 atom stereocenters. The lowest BCUT2D eigenvalue weighted by molar-refractivity contribution is 0.306. The van der Waals surface area contributed by atoms with E-state index in [2.05, 4.69) is 9.47 Å². The minimum absolute atomic E-state index is 0.233. The number of hydrogen-bond donors (Lipinski definition) is 0. The summed E-state index contributed by atoms with van der Waals surface area (Å²) in [6, 6.07) is 11.5. The van der Waals surface area contributed by atoms with Gasteiger partial charge in [0.1, 0.15) is 11.6 Å². The van der Waals surface area contributed by atoms with Crippen molar-refractivity contribution in [1.29, 1.82) is 0 Å². The number of imidazole rings is 1. The molecule has 150 valence electrons. The third kappa shape index (κ3) is 4.09. The van der Waals surface area contributed by atoms with Crippen LogP contribution in [0.15, 0.2) is 47.4 Å². The maximum absolute atomic E-state index is 13.1. The zero-order chi connectivity index (χ0) is 20.5. The van der Waals surface area contributed by atoms with Crippen molar-refractivity contribution in [2.75, 3.05) is 21.1 Å². The van der Waals surface area contributed by atoms with Crippen LogP contribution in [0.3, 0.4) is 0 Å². The second-order valence-corrected chi connectivity index (χ2v) is 9.16. The standard InChI is InChI=1S/C20H25FN4O2S/c1-5-25-19-11-10-17(28(26,27)23(2)3)12-18(19)22-20(25)14-24(4)13-15-6-8-16(21)9-7-15/h6-12H,5,13-14H2,1-4H3. The summed E-state index contributed by atoms with van der Waals surface area (Å²) >= 11 is 0. The van der Waals surface area contributed by atoms with Crippen molar-refractivity contribution in [2.45, 2.75) is 31.5 Å². The molecule has 0 saturated heterocycles. The third-order valence-electron chi connectivity index (χ3n) is 4.67. The van der Waals surface area contributed by atoms with Crippen molar-refractivity contribution in [3.05, 3.63) is 59.7 Å². The molecule has 28 heavy (non-hydrogen) atoms. The molecule has 3 aromatic rings. The zero-order valence-corrected chi connectivity index (χ0v) is 17.4. The number of benzene rings is 2. The second-order valence-electron chi connectivity index (χ2n) is 7.01. The summed E-state index contributed by atoms with van der Waals surface area (Å²) in [5, 5.41) is 0. The largest absolute Gasteiger partial charge is 0.327 e. The van der Waals surface area contributed by atoms with Gasteiger partial charge in [-0.25, -0.2) is 22.1 Å². The van der Waals surface area contributed by atoms with Crippen molar-refractivity contribution in [3.8, 4) is 0 Å². The number of sulfonamides is 1. The average molecular weight is 405 g/mol. The van der Waals surface area contributed by atoms with Crippen LogP contribution in [0.25, 0.3) is 11.0 Å². The van der Waals surface area contributed by atoms with Crippen LogP contribution in [0.5, 0.6) is 0 Å². The second kappa shape index (κ2) is 7.98. The molecule has 8 heteroatoms. The average Bonchev–Trinajstić information content (AvgIpc) is 2.99. The summed E-state index contributed by atoms with van der Waals surface area (Å²) in [5.41, 5.74) is 2.59. The van der Waals surface area contributed by atoms with E-state index in [1.54, 1.807) is 24.3 Å². The SMILES string of the molecule is CCn1c(CN(C)Cc2ccc(F)cc2)nc2cc(S(=O)(=O)N(C)C)ccc21.